The van der Waals surface area contributed by atoms with Gasteiger partial charge in [-0.2, -0.15) is 0 Å². The Hall–Kier alpha value is -1.55. The van der Waals surface area contributed by atoms with E-state index in [2.05, 4.69) is 11.7 Å². The molecule has 1 rings (SSSR count). The molecule has 0 aliphatic carbocycles. The molecule has 0 fully saturated rings. The predicted octanol–water partition coefficient (Wildman–Crippen LogP) is 2.53. The van der Waals surface area contributed by atoms with Gasteiger partial charge < -0.3 is 14.6 Å². The maximum absolute atomic E-state index is 11.4. The Morgan fingerprint density at radius 1 is 1.41 bits per heavy atom. The lowest BCUT2D eigenvalue weighted by Gasteiger charge is -2.09. The maximum Gasteiger partial charge on any atom is 0.337 e. The van der Waals surface area contributed by atoms with Crippen molar-refractivity contribution in [2.24, 2.45) is 0 Å². The SMILES string of the molecule is CCCCOc1cc([CH]O)cc(C(=O)OC)c1. The molecule has 0 amide bonds. The van der Waals surface area contributed by atoms with Crippen LogP contribution in [0.2, 0.25) is 0 Å². The van der Waals surface area contributed by atoms with Crippen molar-refractivity contribution in [1.82, 2.24) is 0 Å². The van der Waals surface area contributed by atoms with Gasteiger partial charge in [0.25, 0.3) is 0 Å². The van der Waals surface area contributed by atoms with Crippen molar-refractivity contribution in [2.75, 3.05) is 13.7 Å². The lowest BCUT2D eigenvalue weighted by Crippen LogP contribution is -2.04. The van der Waals surface area contributed by atoms with Crippen LogP contribution in [0.5, 0.6) is 5.75 Å². The van der Waals surface area contributed by atoms with Gasteiger partial charge in [0.1, 0.15) is 12.4 Å². The molecule has 0 unspecified atom stereocenters. The third-order valence-electron chi connectivity index (χ3n) is 2.27. The Labute approximate surface area is 101 Å². The maximum atomic E-state index is 11.4. The third kappa shape index (κ3) is 4.07. The molecule has 4 heteroatoms. The monoisotopic (exact) mass is 237 g/mol. The zero-order valence-corrected chi connectivity index (χ0v) is 10.1. The fourth-order valence-corrected chi connectivity index (χ4v) is 1.35. The summed E-state index contributed by atoms with van der Waals surface area (Å²) in [5.41, 5.74) is 0.876. The molecule has 0 aliphatic rings. The van der Waals surface area contributed by atoms with Crippen molar-refractivity contribution in [3.05, 3.63) is 35.9 Å². The van der Waals surface area contributed by atoms with E-state index in [9.17, 15) is 4.79 Å². The molecule has 4 nitrogen and oxygen atoms in total. The predicted molar refractivity (Wildman–Crippen MR) is 63.5 cm³/mol. The van der Waals surface area contributed by atoms with Crippen LogP contribution >= 0.6 is 0 Å². The van der Waals surface area contributed by atoms with Crippen LogP contribution in [0.3, 0.4) is 0 Å². The first-order chi connectivity index (χ1) is 8.21. The highest BCUT2D eigenvalue weighted by molar-refractivity contribution is 5.90. The van der Waals surface area contributed by atoms with Gasteiger partial charge >= 0.3 is 5.97 Å². The Morgan fingerprint density at radius 3 is 2.76 bits per heavy atom. The fourth-order valence-electron chi connectivity index (χ4n) is 1.35. The number of rotatable bonds is 6. The summed E-state index contributed by atoms with van der Waals surface area (Å²) in [5.74, 6) is 0.107. The molecule has 0 aliphatic heterocycles. The van der Waals surface area contributed by atoms with Gasteiger partial charge in [-0.05, 0) is 30.2 Å². The largest absolute Gasteiger partial charge is 0.494 e. The van der Waals surface area contributed by atoms with Gasteiger partial charge in [0, 0.05) is 0 Å². The Bertz CT molecular complexity index is 374. The lowest BCUT2D eigenvalue weighted by molar-refractivity contribution is 0.0600. The molecular weight excluding hydrogens is 220 g/mol. The number of aliphatic hydroxyl groups excluding tert-OH is 1. The first kappa shape index (κ1) is 13.5. The Morgan fingerprint density at radius 2 is 2.18 bits per heavy atom. The van der Waals surface area contributed by atoms with Crippen molar-refractivity contribution in [3.8, 4) is 5.75 Å². The summed E-state index contributed by atoms with van der Waals surface area (Å²) in [6.45, 7) is 3.59. The number of carbonyl (C=O) groups is 1. The number of carbonyl (C=O) groups excluding carboxylic acids is 1. The molecule has 1 radical (unpaired) electrons. The molecule has 93 valence electrons. The number of benzene rings is 1. The van der Waals surface area contributed by atoms with Gasteiger partial charge in [-0.3, -0.25) is 0 Å². The second-order valence-electron chi connectivity index (χ2n) is 3.61. The minimum Gasteiger partial charge on any atom is -0.494 e. The molecular formula is C13H17O4. The summed E-state index contributed by atoms with van der Waals surface area (Å²) in [6, 6.07) is 4.81. The van der Waals surface area contributed by atoms with Gasteiger partial charge in [-0.1, -0.05) is 13.3 Å². The summed E-state index contributed by atoms with van der Waals surface area (Å²) in [7, 11) is 1.31. The highest BCUT2D eigenvalue weighted by Crippen LogP contribution is 2.19. The van der Waals surface area contributed by atoms with E-state index >= 15 is 0 Å². The molecule has 17 heavy (non-hydrogen) atoms. The van der Waals surface area contributed by atoms with E-state index in [1.165, 1.54) is 7.11 Å². The summed E-state index contributed by atoms with van der Waals surface area (Å²) in [6.07, 6.45) is 1.98. The quantitative estimate of drug-likeness (QED) is 0.610. The number of esters is 1. The van der Waals surface area contributed by atoms with E-state index in [4.69, 9.17) is 9.84 Å². The molecule has 0 saturated carbocycles. The highest BCUT2D eigenvalue weighted by atomic mass is 16.5. The second kappa shape index (κ2) is 6.91. The molecule has 0 saturated heterocycles. The van der Waals surface area contributed by atoms with Crippen molar-refractivity contribution < 1.29 is 19.4 Å². The van der Waals surface area contributed by atoms with E-state index in [0.717, 1.165) is 19.4 Å². The van der Waals surface area contributed by atoms with Crippen molar-refractivity contribution in [1.29, 1.82) is 0 Å². The molecule has 1 aromatic carbocycles. The molecule has 1 aromatic rings. The van der Waals surface area contributed by atoms with Crippen LogP contribution in [-0.2, 0) is 4.74 Å². The van der Waals surface area contributed by atoms with E-state index < -0.39 is 5.97 Å². The zero-order valence-electron chi connectivity index (χ0n) is 10.1. The van der Waals surface area contributed by atoms with E-state index in [1.807, 2.05) is 0 Å². The molecule has 0 heterocycles. The van der Waals surface area contributed by atoms with E-state index in [0.29, 0.717) is 23.5 Å². The summed E-state index contributed by atoms with van der Waals surface area (Å²) < 4.78 is 10.1. The van der Waals surface area contributed by atoms with E-state index in [1.54, 1.807) is 18.2 Å². The van der Waals surface area contributed by atoms with Crippen LogP contribution in [0, 0.1) is 6.61 Å². The summed E-state index contributed by atoms with van der Waals surface area (Å²) in [5, 5.41) is 8.98. The number of ether oxygens (including phenoxy) is 2. The van der Waals surface area contributed by atoms with Crippen LogP contribution in [0.4, 0.5) is 0 Å². The number of hydrogen-bond donors (Lipinski definition) is 1. The van der Waals surface area contributed by atoms with Crippen LogP contribution in [0.25, 0.3) is 0 Å². The van der Waals surface area contributed by atoms with Crippen molar-refractivity contribution in [3.63, 3.8) is 0 Å². The van der Waals surface area contributed by atoms with Crippen LogP contribution in [0.1, 0.15) is 35.7 Å². The molecule has 1 N–H and O–H groups in total. The van der Waals surface area contributed by atoms with Crippen LogP contribution < -0.4 is 4.74 Å². The van der Waals surface area contributed by atoms with Gasteiger partial charge in [0.2, 0.25) is 0 Å². The molecule has 0 aromatic heterocycles. The molecule has 0 spiro atoms. The first-order valence-electron chi connectivity index (χ1n) is 5.55. The van der Waals surface area contributed by atoms with Gasteiger partial charge in [-0.25, -0.2) is 4.79 Å². The minimum absolute atomic E-state index is 0.363. The average molecular weight is 237 g/mol. The first-order valence-corrected chi connectivity index (χ1v) is 5.55. The number of unbranched alkanes of at least 4 members (excludes halogenated alkanes) is 1. The number of methoxy groups -OCH3 is 1. The highest BCUT2D eigenvalue weighted by Gasteiger charge is 2.09. The summed E-state index contributed by atoms with van der Waals surface area (Å²) in [4.78, 5) is 11.4. The van der Waals surface area contributed by atoms with Crippen molar-refractivity contribution in [2.45, 2.75) is 19.8 Å². The molecule has 0 bridgehead atoms. The van der Waals surface area contributed by atoms with Gasteiger partial charge in [0.05, 0.1) is 19.3 Å². The normalized spacial score (nSPS) is 10.1. The average Bonchev–Trinajstić information content (AvgIpc) is 2.37. The van der Waals surface area contributed by atoms with Crippen molar-refractivity contribution >= 4 is 5.97 Å². The Balaban J connectivity index is 2.85. The number of hydrogen-bond acceptors (Lipinski definition) is 4. The van der Waals surface area contributed by atoms with Crippen LogP contribution in [0.15, 0.2) is 18.2 Å². The minimum atomic E-state index is -0.450. The smallest absolute Gasteiger partial charge is 0.337 e. The third-order valence-corrected chi connectivity index (χ3v) is 2.27. The fraction of sp³-hybridized carbons (Fsp3) is 0.385. The van der Waals surface area contributed by atoms with Gasteiger partial charge in [0.15, 0.2) is 0 Å². The second-order valence-corrected chi connectivity index (χ2v) is 3.61. The topological polar surface area (TPSA) is 55.8 Å². The Kier molecular flexibility index (Phi) is 5.49. The number of aliphatic hydroxyl groups is 1. The van der Waals surface area contributed by atoms with Crippen LogP contribution in [-0.4, -0.2) is 24.8 Å². The van der Waals surface area contributed by atoms with E-state index in [-0.39, 0.29) is 0 Å². The zero-order chi connectivity index (χ0) is 12.7. The van der Waals surface area contributed by atoms with Gasteiger partial charge in [-0.15, -0.1) is 0 Å². The standard InChI is InChI=1S/C13H17O4/c1-3-4-5-17-12-7-10(9-14)6-11(8-12)13(15)16-2/h6-9,14H,3-5H2,1-2H3. The molecule has 0 atom stereocenters. The summed E-state index contributed by atoms with van der Waals surface area (Å²) >= 11 is 0. The lowest BCUT2D eigenvalue weighted by atomic mass is 10.1.